The van der Waals surface area contributed by atoms with E-state index < -0.39 is 0 Å². The summed E-state index contributed by atoms with van der Waals surface area (Å²) in [5.74, 6) is 1.76. The molecule has 0 bridgehead atoms. The van der Waals surface area contributed by atoms with Gasteiger partial charge in [-0.05, 0) is 43.2 Å². The summed E-state index contributed by atoms with van der Waals surface area (Å²) >= 11 is 0. The van der Waals surface area contributed by atoms with Gasteiger partial charge in [0.2, 0.25) is 0 Å². The Morgan fingerprint density at radius 3 is 2.47 bits per heavy atom. The second kappa shape index (κ2) is 9.87. The fourth-order valence-electron chi connectivity index (χ4n) is 3.04. The number of hydrogen-bond donors (Lipinski definition) is 1. The van der Waals surface area contributed by atoms with E-state index in [-0.39, 0.29) is 11.9 Å². The normalized spacial score (nSPS) is 11.6. The molecular formula is C24H28N4O2. The monoisotopic (exact) mass is 404 g/mol. The number of aromatic nitrogens is 2. The number of methoxy groups -OCH3 is 1. The minimum Gasteiger partial charge on any atom is -0.497 e. The fourth-order valence-corrected chi connectivity index (χ4v) is 3.04. The molecule has 3 aromatic rings. The van der Waals surface area contributed by atoms with E-state index >= 15 is 0 Å². The molecule has 0 aliphatic rings. The van der Waals surface area contributed by atoms with Gasteiger partial charge < -0.3 is 15.0 Å². The van der Waals surface area contributed by atoms with Gasteiger partial charge in [-0.15, -0.1) is 0 Å². The summed E-state index contributed by atoms with van der Waals surface area (Å²) in [6.07, 6.45) is 2.47. The predicted molar refractivity (Wildman–Crippen MR) is 120 cm³/mol. The molecule has 0 fully saturated rings. The van der Waals surface area contributed by atoms with Gasteiger partial charge in [0.05, 0.1) is 7.11 Å². The maximum Gasteiger partial charge on any atom is 0.256 e. The number of nitrogens with one attached hydrogen (secondary N) is 1. The van der Waals surface area contributed by atoms with Crippen molar-refractivity contribution >= 4 is 11.7 Å². The number of rotatable bonds is 8. The number of nitrogens with zero attached hydrogens (tertiary/aromatic N) is 3. The van der Waals surface area contributed by atoms with Crippen LogP contribution in [0.3, 0.4) is 0 Å². The first kappa shape index (κ1) is 21.3. The number of benzene rings is 2. The van der Waals surface area contributed by atoms with Gasteiger partial charge in [0, 0.05) is 31.4 Å². The van der Waals surface area contributed by atoms with Crippen molar-refractivity contribution < 1.29 is 9.53 Å². The zero-order valence-electron chi connectivity index (χ0n) is 17.9. The lowest BCUT2D eigenvalue weighted by Crippen LogP contribution is -2.34. The smallest absolute Gasteiger partial charge is 0.256 e. The average molecular weight is 405 g/mol. The van der Waals surface area contributed by atoms with Crippen LogP contribution < -0.4 is 15.0 Å². The molecule has 6 nitrogen and oxygen atoms in total. The van der Waals surface area contributed by atoms with Crippen molar-refractivity contribution in [1.29, 1.82) is 0 Å². The third kappa shape index (κ3) is 5.14. The van der Waals surface area contributed by atoms with Crippen LogP contribution in [0.4, 0.5) is 5.82 Å². The van der Waals surface area contributed by atoms with E-state index in [0.29, 0.717) is 23.8 Å². The number of anilines is 1. The Bertz CT molecular complexity index is 974. The van der Waals surface area contributed by atoms with E-state index in [0.717, 1.165) is 23.3 Å². The molecule has 0 spiro atoms. The highest BCUT2D eigenvalue weighted by atomic mass is 16.5. The summed E-state index contributed by atoms with van der Waals surface area (Å²) in [6.45, 7) is 4.65. The van der Waals surface area contributed by atoms with Gasteiger partial charge in [-0.1, -0.05) is 37.3 Å². The highest BCUT2D eigenvalue weighted by Gasteiger charge is 2.20. The lowest BCUT2D eigenvalue weighted by Gasteiger charge is -2.22. The highest BCUT2D eigenvalue weighted by Crippen LogP contribution is 2.24. The van der Waals surface area contributed by atoms with Crippen molar-refractivity contribution in [2.75, 3.05) is 19.1 Å². The van der Waals surface area contributed by atoms with Gasteiger partial charge >= 0.3 is 0 Å². The number of hydrogen-bond acceptors (Lipinski definition) is 5. The van der Waals surface area contributed by atoms with Crippen molar-refractivity contribution in [1.82, 2.24) is 15.3 Å². The molecule has 2 aromatic carbocycles. The first-order chi connectivity index (χ1) is 14.5. The largest absolute Gasteiger partial charge is 0.497 e. The molecule has 1 aromatic heterocycles. The number of amides is 1. The van der Waals surface area contributed by atoms with Crippen LogP contribution in [-0.4, -0.2) is 36.1 Å². The quantitative estimate of drug-likeness (QED) is 0.606. The number of carbonyl (C=O) groups excluding carboxylic acids is 1. The van der Waals surface area contributed by atoms with Crippen molar-refractivity contribution in [2.45, 2.75) is 32.9 Å². The Morgan fingerprint density at radius 2 is 1.83 bits per heavy atom. The minimum absolute atomic E-state index is 0.0750. The summed E-state index contributed by atoms with van der Waals surface area (Å²) in [7, 11) is 3.57. The lowest BCUT2D eigenvalue weighted by molar-refractivity contribution is 0.0939. The van der Waals surface area contributed by atoms with Crippen molar-refractivity contribution in [2.24, 2.45) is 0 Å². The van der Waals surface area contributed by atoms with Crippen molar-refractivity contribution in [3.05, 3.63) is 71.9 Å². The van der Waals surface area contributed by atoms with E-state index in [1.165, 1.54) is 0 Å². The third-order valence-corrected chi connectivity index (χ3v) is 4.98. The zero-order valence-corrected chi connectivity index (χ0v) is 17.9. The Morgan fingerprint density at radius 1 is 1.13 bits per heavy atom. The lowest BCUT2D eigenvalue weighted by atomic mass is 10.1. The molecule has 1 unspecified atom stereocenters. The summed E-state index contributed by atoms with van der Waals surface area (Å²) in [6, 6.07) is 17.7. The van der Waals surface area contributed by atoms with Crippen LogP contribution in [0.2, 0.25) is 0 Å². The van der Waals surface area contributed by atoms with E-state index in [1.54, 1.807) is 13.3 Å². The molecule has 0 saturated carbocycles. The Balaban J connectivity index is 1.97. The standard InChI is InChI=1S/C24H28N4O2/c1-5-17(2)26-24(29)21-15-25-22(19-11-13-20(30-4)14-12-19)27-23(21)28(3)16-18-9-7-6-8-10-18/h6-15,17H,5,16H2,1-4H3,(H,26,29). The van der Waals surface area contributed by atoms with E-state index in [9.17, 15) is 4.79 Å². The van der Waals surface area contributed by atoms with Gasteiger partial charge in [0.25, 0.3) is 5.91 Å². The molecule has 0 saturated heterocycles. The molecule has 6 heteroatoms. The molecule has 3 rings (SSSR count). The second-order valence-corrected chi connectivity index (χ2v) is 7.28. The average Bonchev–Trinajstić information content (AvgIpc) is 2.79. The second-order valence-electron chi connectivity index (χ2n) is 7.28. The Hall–Kier alpha value is -3.41. The molecular weight excluding hydrogens is 376 g/mol. The zero-order chi connectivity index (χ0) is 21.5. The summed E-state index contributed by atoms with van der Waals surface area (Å²) in [5, 5.41) is 3.02. The van der Waals surface area contributed by atoms with Crippen LogP contribution in [0.15, 0.2) is 60.8 Å². The Labute approximate surface area is 177 Å². The van der Waals surface area contributed by atoms with E-state index in [2.05, 4.69) is 22.4 Å². The van der Waals surface area contributed by atoms with E-state index in [4.69, 9.17) is 9.72 Å². The molecule has 1 amide bonds. The van der Waals surface area contributed by atoms with Crippen molar-refractivity contribution in [3.63, 3.8) is 0 Å². The molecule has 1 heterocycles. The molecule has 156 valence electrons. The molecule has 0 aliphatic heterocycles. The van der Waals surface area contributed by atoms with E-state index in [1.807, 2.05) is 68.3 Å². The first-order valence-corrected chi connectivity index (χ1v) is 10.1. The van der Waals surface area contributed by atoms with Gasteiger partial charge in [0.1, 0.15) is 17.1 Å². The van der Waals surface area contributed by atoms with Gasteiger partial charge in [-0.3, -0.25) is 4.79 Å². The van der Waals surface area contributed by atoms with Gasteiger partial charge in [-0.25, -0.2) is 9.97 Å². The maximum absolute atomic E-state index is 12.9. The topological polar surface area (TPSA) is 67.3 Å². The Kier molecular flexibility index (Phi) is 7.01. The van der Waals surface area contributed by atoms with Crippen LogP contribution in [0.5, 0.6) is 5.75 Å². The number of carbonyl (C=O) groups is 1. The third-order valence-electron chi connectivity index (χ3n) is 4.98. The fraction of sp³-hybridized carbons (Fsp3) is 0.292. The van der Waals surface area contributed by atoms with Crippen LogP contribution >= 0.6 is 0 Å². The summed E-state index contributed by atoms with van der Waals surface area (Å²) in [5.41, 5.74) is 2.46. The molecule has 1 atom stereocenters. The SMILES string of the molecule is CCC(C)NC(=O)c1cnc(-c2ccc(OC)cc2)nc1N(C)Cc1ccccc1. The maximum atomic E-state index is 12.9. The highest BCUT2D eigenvalue weighted by molar-refractivity contribution is 5.99. The van der Waals surface area contributed by atoms with Crippen LogP contribution in [0, 0.1) is 0 Å². The molecule has 30 heavy (non-hydrogen) atoms. The first-order valence-electron chi connectivity index (χ1n) is 10.1. The summed E-state index contributed by atoms with van der Waals surface area (Å²) in [4.78, 5) is 24.1. The minimum atomic E-state index is -0.166. The van der Waals surface area contributed by atoms with Crippen molar-refractivity contribution in [3.8, 4) is 17.1 Å². The molecule has 0 radical (unpaired) electrons. The predicted octanol–water partition coefficient (Wildman–Crippen LogP) is 4.32. The van der Waals surface area contributed by atoms with Gasteiger partial charge in [-0.2, -0.15) is 0 Å². The molecule has 1 N–H and O–H groups in total. The summed E-state index contributed by atoms with van der Waals surface area (Å²) < 4.78 is 5.23. The number of ether oxygens (including phenoxy) is 1. The van der Waals surface area contributed by atoms with Crippen LogP contribution in [0.25, 0.3) is 11.4 Å². The van der Waals surface area contributed by atoms with Crippen LogP contribution in [-0.2, 0) is 6.54 Å². The molecule has 0 aliphatic carbocycles. The van der Waals surface area contributed by atoms with Gasteiger partial charge in [0.15, 0.2) is 5.82 Å². The van der Waals surface area contributed by atoms with Crippen LogP contribution in [0.1, 0.15) is 36.2 Å².